The van der Waals surface area contributed by atoms with E-state index in [-0.39, 0.29) is 5.91 Å². The maximum atomic E-state index is 12.0. The van der Waals surface area contributed by atoms with Gasteiger partial charge in [0.25, 0.3) is 0 Å². The molecule has 2 aromatic carbocycles. The summed E-state index contributed by atoms with van der Waals surface area (Å²) in [5.74, 6) is 1.25. The van der Waals surface area contributed by atoms with Gasteiger partial charge >= 0.3 is 0 Å². The summed E-state index contributed by atoms with van der Waals surface area (Å²) in [5.41, 5.74) is 2.45. The van der Waals surface area contributed by atoms with Gasteiger partial charge in [-0.3, -0.25) is 4.79 Å². The average Bonchev–Trinajstić information content (AvgIpc) is 3.05. The Bertz CT molecular complexity index is 819. The van der Waals surface area contributed by atoms with Crippen LogP contribution in [0.4, 0.5) is 5.13 Å². The number of benzene rings is 2. The number of aromatic nitrogens is 1. The number of carbonyl (C=O) groups excluding carboxylic acids is 1. The molecule has 1 N–H and O–H groups in total. The third-order valence-electron chi connectivity index (χ3n) is 3.44. The third kappa shape index (κ3) is 5.99. The molecule has 128 valence electrons. The molecule has 0 spiro atoms. The fraction of sp³-hybridized carbons (Fsp3) is 0.158. The minimum absolute atomic E-state index is 0.00882. The molecule has 0 atom stereocenters. The molecular weight excluding hydrogens is 416 g/mol. The summed E-state index contributed by atoms with van der Waals surface area (Å²) in [7, 11) is 0. The van der Waals surface area contributed by atoms with Gasteiger partial charge in [0.2, 0.25) is 5.91 Å². The van der Waals surface area contributed by atoms with Crippen LogP contribution in [0.25, 0.3) is 0 Å². The Morgan fingerprint density at radius 1 is 1.08 bits per heavy atom. The van der Waals surface area contributed by atoms with Crippen LogP contribution in [0.15, 0.2) is 65.3 Å². The molecule has 0 aliphatic carbocycles. The van der Waals surface area contributed by atoms with Crippen LogP contribution in [-0.4, -0.2) is 16.6 Å². The Morgan fingerprint density at radius 3 is 2.60 bits per heavy atom. The number of carbonyl (C=O) groups is 1. The number of hydrogen-bond donors (Lipinski definition) is 1. The van der Waals surface area contributed by atoms with Crippen LogP contribution in [0.1, 0.15) is 16.0 Å². The van der Waals surface area contributed by atoms with E-state index in [4.69, 9.17) is 0 Å². The highest BCUT2D eigenvalue weighted by Crippen LogP contribution is 2.22. The first-order chi connectivity index (χ1) is 12.2. The van der Waals surface area contributed by atoms with Gasteiger partial charge in [-0.05, 0) is 23.3 Å². The second-order valence-corrected chi connectivity index (χ2v) is 8.48. The summed E-state index contributed by atoms with van der Waals surface area (Å²) >= 11 is 6.57. The van der Waals surface area contributed by atoms with Crippen molar-refractivity contribution < 1.29 is 4.79 Å². The van der Waals surface area contributed by atoms with E-state index in [1.807, 2.05) is 36.5 Å². The first-order valence-electron chi connectivity index (χ1n) is 7.80. The Balaban J connectivity index is 1.45. The maximum absolute atomic E-state index is 12.0. The van der Waals surface area contributed by atoms with E-state index in [1.165, 1.54) is 22.5 Å². The third-order valence-corrected chi connectivity index (χ3v) is 5.88. The van der Waals surface area contributed by atoms with Crippen molar-refractivity contribution >= 4 is 50.1 Å². The lowest BCUT2D eigenvalue weighted by atomic mass is 10.1. The summed E-state index contributed by atoms with van der Waals surface area (Å²) < 4.78 is 1.07. The van der Waals surface area contributed by atoms with E-state index < -0.39 is 0 Å². The number of amides is 1. The molecule has 0 radical (unpaired) electrons. The number of rotatable bonds is 7. The second kappa shape index (κ2) is 9.17. The van der Waals surface area contributed by atoms with Gasteiger partial charge in [0.05, 0.1) is 5.75 Å². The van der Waals surface area contributed by atoms with E-state index in [2.05, 4.69) is 50.5 Å². The van der Waals surface area contributed by atoms with Gasteiger partial charge in [-0.25, -0.2) is 4.98 Å². The maximum Gasteiger partial charge on any atom is 0.236 e. The van der Waals surface area contributed by atoms with Crippen molar-refractivity contribution in [1.29, 1.82) is 0 Å². The van der Waals surface area contributed by atoms with Crippen molar-refractivity contribution in [1.82, 2.24) is 4.98 Å². The van der Waals surface area contributed by atoms with E-state index in [0.29, 0.717) is 10.9 Å². The fourth-order valence-electron chi connectivity index (χ4n) is 2.24. The molecule has 1 aromatic heterocycles. The predicted octanol–water partition coefficient (Wildman–Crippen LogP) is 5.37. The number of hydrogen-bond acceptors (Lipinski definition) is 4. The van der Waals surface area contributed by atoms with Crippen molar-refractivity contribution in [2.75, 3.05) is 11.1 Å². The number of nitrogens with zero attached hydrogens (tertiary/aromatic N) is 1. The Morgan fingerprint density at radius 2 is 1.84 bits per heavy atom. The molecule has 0 unspecified atom stereocenters. The smallest absolute Gasteiger partial charge is 0.236 e. The molecule has 3 rings (SSSR count). The lowest BCUT2D eigenvalue weighted by Gasteiger charge is -2.02. The quantitative estimate of drug-likeness (QED) is 0.545. The molecule has 0 saturated carbocycles. The molecule has 0 bridgehead atoms. The molecule has 1 heterocycles. The van der Waals surface area contributed by atoms with Gasteiger partial charge in [-0.1, -0.05) is 58.4 Å². The molecule has 1 amide bonds. The highest BCUT2D eigenvalue weighted by molar-refractivity contribution is 9.10. The van der Waals surface area contributed by atoms with E-state index in [9.17, 15) is 4.79 Å². The standard InChI is InChI=1S/C19H17BrN2OS2/c20-16-8-6-14(7-9-16)10-17-11-21-19(25-17)22-18(23)13-24-12-15-4-2-1-3-5-15/h1-9,11H,10,12-13H2,(H,21,22,23). The van der Waals surface area contributed by atoms with E-state index >= 15 is 0 Å². The van der Waals surface area contributed by atoms with Crippen molar-refractivity contribution in [3.05, 3.63) is 81.3 Å². The molecule has 3 nitrogen and oxygen atoms in total. The van der Waals surface area contributed by atoms with Gasteiger partial charge in [-0.2, -0.15) is 0 Å². The van der Waals surface area contributed by atoms with Crippen molar-refractivity contribution in [3.63, 3.8) is 0 Å². The average molecular weight is 433 g/mol. The van der Waals surface area contributed by atoms with Crippen LogP contribution < -0.4 is 5.32 Å². The first-order valence-corrected chi connectivity index (χ1v) is 10.6. The summed E-state index contributed by atoms with van der Waals surface area (Å²) in [5, 5.41) is 3.55. The highest BCUT2D eigenvalue weighted by Gasteiger charge is 2.08. The van der Waals surface area contributed by atoms with Crippen LogP contribution in [-0.2, 0) is 17.0 Å². The Hall–Kier alpha value is -1.63. The summed E-state index contributed by atoms with van der Waals surface area (Å²) in [6.07, 6.45) is 2.66. The van der Waals surface area contributed by atoms with Crippen molar-refractivity contribution in [2.24, 2.45) is 0 Å². The van der Waals surface area contributed by atoms with Gasteiger partial charge in [0.15, 0.2) is 5.13 Å². The second-order valence-electron chi connectivity index (χ2n) is 5.46. The van der Waals surface area contributed by atoms with Crippen LogP contribution in [0.5, 0.6) is 0 Å². The first kappa shape index (κ1) is 18.2. The number of thioether (sulfide) groups is 1. The van der Waals surface area contributed by atoms with Gasteiger partial charge in [0, 0.05) is 27.7 Å². The minimum atomic E-state index is -0.00882. The minimum Gasteiger partial charge on any atom is -0.301 e. The lowest BCUT2D eigenvalue weighted by Crippen LogP contribution is -2.13. The van der Waals surface area contributed by atoms with E-state index in [1.54, 1.807) is 11.8 Å². The van der Waals surface area contributed by atoms with Gasteiger partial charge < -0.3 is 5.32 Å². The normalized spacial score (nSPS) is 10.6. The zero-order valence-corrected chi connectivity index (χ0v) is 16.7. The highest BCUT2D eigenvalue weighted by atomic mass is 79.9. The summed E-state index contributed by atoms with van der Waals surface area (Å²) in [6.45, 7) is 0. The van der Waals surface area contributed by atoms with Gasteiger partial charge in [-0.15, -0.1) is 23.1 Å². The molecule has 25 heavy (non-hydrogen) atoms. The lowest BCUT2D eigenvalue weighted by molar-refractivity contribution is -0.113. The SMILES string of the molecule is O=C(CSCc1ccccc1)Nc1ncc(Cc2ccc(Br)cc2)s1. The molecular formula is C19H17BrN2OS2. The molecule has 0 aliphatic rings. The van der Waals surface area contributed by atoms with Gasteiger partial charge in [0.1, 0.15) is 0 Å². The van der Waals surface area contributed by atoms with Crippen molar-refractivity contribution in [3.8, 4) is 0 Å². The van der Waals surface area contributed by atoms with Crippen LogP contribution in [0.3, 0.4) is 0 Å². The van der Waals surface area contributed by atoms with Crippen LogP contribution in [0, 0.1) is 0 Å². The number of nitrogens with one attached hydrogen (secondary N) is 1. The Kier molecular flexibility index (Phi) is 6.67. The van der Waals surface area contributed by atoms with Crippen molar-refractivity contribution in [2.45, 2.75) is 12.2 Å². The molecule has 0 aliphatic heterocycles. The zero-order valence-electron chi connectivity index (χ0n) is 13.4. The monoisotopic (exact) mass is 432 g/mol. The molecule has 0 fully saturated rings. The van der Waals surface area contributed by atoms with E-state index in [0.717, 1.165) is 21.5 Å². The zero-order chi connectivity index (χ0) is 17.5. The summed E-state index contributed by atoms with van der Waals surface area (Å²) in [4.78, 5) is 17.5. The summed E-state index contributed by atoms with van der Waals surface area (Å²) in [6, 6.07) is 18.4. The predicted molar refractivity (Wildman–Crippen MR) is 110 cm³/mol. The molecule has 3 aromatic rings. The number of anilines is 1. The largest absolute Gasteiger partial charge is 0.301 e. The fourth-order valence-corrected chi connectivity index (χ4v) is 4.16. The number of thiazole rings is 1. The topological polar surface area (TPSA) is 42.0 Å². The van der Waals surface area contributed by atoms with Crippen LogP contribution in [0.2, 0.25) is 0 Å². The number of halogens is 1. The van der Waals surface area contributed by atoms with Crippen LogP contribution >= 0.6 is 39.0 Å². The molecule has 0 saturated heterocycles. The molecule has 6 heteroatoms. The Labute approximate surface area is 164 Å².